The van der Waals surface area contributed by atoms with Crippen LogP contribution in [0.5, 0.6) is 0 Å². The molecule has 1 saturated carbocycles. The molecule has 1 aromatic heterocycles. The number of carbonyl (C=O) groups excluding carboxylic acids is 1. The molecule has 0 aliphatic heterocycles. The van der Waals surface area contributed by atoms with E-state index in [2.05, 4.69) is 10.3 Å². The van der Waals surface area contributed by atoms with Gasteiger partial charge in [0.1, 0.15) is 11.4 Å². The summed E-state index contributed by atoms with van der Waals surface area (Å²) in [7, 11) is 0. The number of carboxylic acid groups (broad SMARTS) is 1. The third-order valence-electron chi connectivity index (χ3n) is 5.09. The number of hydrogen-bond donors (Lipinski definition) is 5. The van der Waals surface area contributed by atoms with Crippen LogP contribution in [0.3, 0.4) is 0 Å². The van der Waals surface area contributed by atoms with Crippen LogP contribution in [-0.4, -0.2) is 33.8 Å². The highest BCUT2D eigenvalue weighted by atomic mass is 16.4. The first-order valence-electron chi connectivity index (χ1n) is 9.06. The minimum Gasteiger partial charge on any atom is -0.481 e. The number of aromatic nitrogens is 1. The van der Waals surface area contributed by atoms with Crippen molar-refractivity contribution in [2.75, 3.05) is 0 Å². The fourth-order valence-corrected chi connectivity index (χ4v) is 3.41. The van der Waals surface area contributed by atoms with Crippen LogP contribution in [-0.2, 0) is 4.79 Å². The number of hydrogen-bond acceptors (Lipinski definition) is 4. The van der Waals surface area contributed by atoms with Gasteiger partial charge in [0.05, 0.1) is 5.92 Å². The van der Waals surface area contributed by atoms with Crippen LogP contribution in [0.15, 0.2) is 41.3 Å². The quantitative estimate of drug-likeness (QED) is 0.394. The zero-order chi connectivity index (χ0) is 20.3. The highest BCUT2D eigenvalue weighted by molar-refractivity contribution is 5.96. The number of amidine groups is 1. The first kappa shape index (κ1) is 19.3. The Morgan fingerprint density at radius 2 is 1.75 bits per heavy atom. The van der Waals surface area contributed by atoms with Gasteiger partial charge in [0.2, 0.25) is 0 Å². The lowest BCUT2D eigenvalue weighted by Gasteiger charge is -2.26. The first-order valence-corrected chi connectivity index (χ1v) is 9.06. The van der Waals surface area contributed by atoms with Crippen molar-refractivity contribution >= 4 is 17.7 Å². The summed E-state index contributed by atoms with van der Waals surface area (Å²) in [5.41, 5.74) is 7.00. The molecule has 1 fully saturated rings. The maximum atomic E-state index is 12.6. The lowest BCUT2D eigenvalue weighted by atomic mass is 9.86. The predicted molar refractivity (Wildman–Crippen MR) is 104 cm³/mol. The van der Waals surface area contributed by atoms with E-state index in [9.17, 15) is 14.4 Å². The van der Waals surface area contributed by atoms with E-state index < -0.39 is 17.4 Å². The molecule has 0 spiro atoms. The molecule has 1 aliphatic carbocycles. The highest BCUT2D eigenvalue weighted by Gasteiger charge is 2.27. The number of amides is 1. The van der Waals surface area contributed by atoms with Crippen molar-refractivity contribution in [3.8, 4) is 11.1 Å². The average Bonchev–Trinajstić information content (AvgIpc) is 2.68. The molecule has 8 nitrogen and oxygen atoms in total. The van der Waals surface area contributed by atoms with Crippen LogP contribution in [0.4, 0.5) is 0 Å². The fraction of sp³-hybridized carbons (Fsp3) is 0.300. The number of benzene rings is 1. The van der Waals surface area contributed by atoms with Crippen LogP contribution < -0.4 is 16.6 Å². The molecule has 28 heavy (non-hydrogen) atoms. The molecular weight excluding hydrogens is 360 g/mol. The Bertz CT molecular complexity index is 957. The van der Waals surface area contributed by atoms with E-state index >= 15 is 0 Å². The van der Waals surface area contributed by atoms with E-state index in [0.717, 1.165) is 5.56 Å². The van der Waals surface area contributed by atoms with Crippen LogP contribution in [0.2, 0.25) is 0 Å². The van der Waals surface area contributed by atoms with Crippen molar-refractivity contribution in [1.29, 1.82) is 5.41 Å². The van der Waals surface area contributed by atoms with Gasteiger partial charge in [-0.2, -0.15) is 0 Å². The van der Waals surface area contributed by atoms with Gasteiger partial charge in [0.15, 0.2) is 0 Å². The summed E-state index contributed by atoms with van der Waals surface area (Å²) >= 11 is 0. The number of carboxylic acids is 1. The molecule has 1 aromatic carbocycles. The maximum Gasteiger partial charge on any atom is 0.306 e. The molecule has 1 amide bonds. The molecule has 0 saturated heterocycles. The second kappa shape index (κ2) is 8.08. The third kappa shape index (κ3) is 4.28. The van der Waals surface area contributed by atoms with Gasteiger partial charge in [0.25, 0.3) is 11.5 Å². The molecule has 0 radical (unpaired) electrons. The van der Waals surface area contributed by atoms with Gasteiger partial charge in [0, 0.05) is 17.8 Å². The number of nitrogens with one attached hydrogen (secondary N) is 3. The zero-order valence-corrected chi connectivity index (χ0v) is 15.2. The Kier molecular flexibility index (Phi) is 5.58. The van der Waals surface area contributed by atoms with E-state index in [0.29, 0.717) is 36.8 Å². The topological polar surface area (TPSA) is 149 Å². The average molecular weight is 382 g/mol. The molecule has 1 heterocycles. The largest absolute Gasteiger partial charge is 0.481 e. The number of nitrogen functional groups attached to an aromatic ring is 1. The van der Waals surface area contributed by atoms with Crippen molar-refractivity contribution in [3.63, 3.8) is 0 Å². The van der Waals surface area contributed by atoms with Gasteiger partial charge in [-0.25, -0.2) is 0 Å². The van der Waals surface area contributed by atoms with Crippen molar-refractivity contribution < 1.29 is 14.7 Å². The molecular formula is C20H22N4O4. The van der Waals surface area contributed by atoms with E-state index in [4.69, 9.17) is 16.2 Å². The first-order chi connectivity index (χ1) is 13.3. The van der Waals surface area contributed by atoms with Crippen molar-refractivity contribution in [2.24, 2.45) is 11.7 Å². The molecule has 1 aliphatic rings. The summed E-state index contributed by atoms with van der Waals surface area (Å²) < 4.78 is 0. The van der Waals surface area contributed by atoms with Gasteiger partial charge < -0.3 is 21.1 Å². The monoisotopic (exact) mass is 382 g/mol. The number of rotatable bonds is 5. The molecule has 2 aromatic rings. The van der Waals surface area contributed by atoms with Gasteiger partial charge in [-0.15, -0.1) is 0 Å². The van der Waals surface area contributed by atoms with Gasteiger partial charge in [-0.05, 0) is 42.9 Å². The van der Waals surface area contributed by atoms with E-state index in [-0.39, 0.29) is 23.4 Å². The summed E-state index contributed by atoms with van der Waals surface area (Å²) in [6.07, 6.45) is 3.71. The number of carbonyl (C=O) groups is 2. The SMILES string of the molecule is N=C(N)c1ccc(-c2c[nH]c(=O)c(C(=O)NC3CCC(C(=O)O)CC3)c2)cc1. The Morgan fingerprint density at radius 1 is 1.11 bits per heavy atom. The van der Waals surface area contributed by atoms with Crippen LogP contribution in [0, 0.1) is 11.3 Å². The molecule has 3 rings (SSSR count). The van der Waals surface area contributed by atoms with Gasteiger partial charge >= 0.3 is 5.97 Å². The fourth-order valence-electron chi connectivity index (χ4n) is 3.41. The Labute approximate surface area is 161 Å². The molecule has 8 heteroatoms. The zero-order valence-electron chi connectivity index (χ0n) is 15.2. The van der Waals surface area contributed by atoms with Crippen molar-refractivity contribution in [2.45, 2.75) is 31.7 Å². The second-order valence-corrected chi connectivity index (χ2v) is 6.98. The normalized spacial score (nSPS) is 19.0. The van der Waals surface area contributed by atoms with Crippen molar-refractivity contribution in [1.82, 2.24) is 10.3 Å². The van der Waals surface area contributed by atoms with E-state index in [1.165, 1.54) is 12.3 Å². The molecule has 0 unspecified atom stereocenters. The Morgan fingerprint density at radius 3 is 2.32 bits per heavy atom. The van der Waals surface area contributed by atoms with Gasteiger partial charge in [-0.1, -0.05) is 24.3 Å². The molecule has 6 N–H and O–H groups in total. The molecule has 0 atom stereocenters. The standard InChI is InChI=1S/C20H22N4O4/c21-17(22)12-3-1-11(2-4-12)14-9-16(18(25)23-10-14)19(26)24-15-7-5-13(6-8-15)20(27)28/h1-4,9-10,13,15H,5-8H2,(H3,21,22)(H,23,25)(H,24,26)(H,27,28). The lowest BCUT2D eigenvalue weighted by Crippen LogP contribution is -2.40. The summed E-state index contributed by atoms with van der Waals surface area (Å²) in [6.45, 7) is 0. The Balaban J connectivity index is 1.74. The summed E-state index contributed by atoms with van der Waals surface area (Å²) in [5, 5.41) is 19.3. The number of aliphatic carboxylic acids is 1. The highest BCUT2D eigenvalue weighted by Crippen LogP contribution is 2.25. The predicted octanol–water partition coefficient (Wildman–Crippen LogP) is 1.70. The van der Waals surface area contributed by atoms with Gasteiger partial charge in [-0.3, -0.25) is 19.8 Å². The molecule has 0 bridgehead atoms. The number of nitrogens with two attached hydrogens (primary N) is 1. The second-order valence-electron chi connectivity index (χ2n) is 6.98. The summed E-state index contributed by atoms with van der Waals surface area (Å²) in [5.74, 6) is -1.67. The van der Waals surface area contributed by atoms with E-state index in [1.807, 2.05) is 0 Å². The summed E-state index contributed by atoms with van der Waals surface area (Å²) in [4.78, 5) is 38.3. The minimum absolute atomic E-state index is 0.00787. The lowest BCUT2D eigenvalue weighted by molar-refractivity contribution is -0.142. The minimum atomic E-state index is -0.801. The summed E-state index contributed by atoms with van der Waals surface area (Å²) in [6, 6.07) is 8.31. The van der Waals surface area contributed by atoms with Crippen LogP contribution in [0.1, 0.15) is 41.6 Å². The third-order valence-corrected chi connectivity index (χ3v) is 5.09. The smallest absolute Gasteiger partial charge is 0.306 e. The van der Waals surface area contributed by atoms with E-state index in [1.54, 1.807) is 24.3 Å². The molecule has 146 valence electrons. The van der Waals surface area contributed by atoms with Crippen LogP contribution in [0.25, 0.3) is 11.1 Å². The van der Waals surface area contributed by atoms with Crippen molar-refractivity contribution in [3.05, 3.63) is 58.0 Å². The number of H-pyrrole nitrogens is 1. The van der Waals surface area contributed by atoms with Crippen LogP contribution >= 0.6 is 0 Å². The number of pyridine rings is 1. The number of aromatic amines is 1. The maximum absolute atomic E-state index is 12.6. The Hall–Kier alpha value is -3.42.